The Labute approximate surface area is 164 Å². The number of morpholine rings is 1. The Balaban J connectivity index is 1.60. The van der Waals surface area contributed by atoms with E-state index in [1.807, 2.05) is 42.2 Å². The second kappa shape index (κ2) is 7.75. The molecule has 7 heteroatoms. The molecule has 0 saturated carbocycles. The Morgan fingerprint density at radius 2 is 2.00 bits per heavy atom. The molecule has 1 spiro atoms. The minimum absolute atomic E-state index is 0.0438. The highest BCUT2D eigenvalue weighted by Crippen LogP contribution is 2.32. The highest BCUT2D eigenvalue weighted by Gasteiger charge is 2.48. The molecule has 2 aliphatic heterocycles. The highest BCUT2D eigenvalue weighted by molar-refractivity contribution is 6.01. The van der Waals surface area contributed by atoms with E-state index in [1.54, 1.807) is 21.8 Å². The van der Waals surface area contributed by atoms with E-state index < -0.39 is 5.60 Å². The zero-order chi connectivity index (χ0) is 19.6. The smallest absolute Gasteiger partial charge is 0.272 e. The molecule has 7 nitrogen and oxygen atoms in total. The number of benzene rings is 1. The van der Waals surface area contributed by atoms with Gasteiger partial charge in [-0.25, -0.2) is 0 Å². The number of anilines is 1. The van der Waals surface area contributed by atoms with Crippen LogP contribution in [0.25, 0.3) is 0 Å². The molecule has 2 aromatic rings. The van der Waals surface area contributed by atoms with Crippen LogP contribution in [0.1, 0.15) is 36.7 Å². The standard InChI is InChI=1S/C21H26N4O3/c1-2-25-18(10-12-22-25)19(26)23-14-15-28-21(16-23)11-6-7-13-24(20(21)27)17-8-4-3-5-9-17/h3-5,8-10,12H,2,6-7,11,13-16H2,1H3. The largest absolute Gasteiger partial charge is 0.361 e. The van der Waals surface area contributed by atoms with Crippen LogP contribution in [0.5, 0.6) is 0 Å². The van der Waals surface area contributed by atoms with Gasteiger partial charge in [0.25, 0.3) is 11.8 Å². The molecule has 1 aromatic carbocycles. The molecule has 2 saturated heterocycles. The zero-order valence-corrected chi connectivity index (χ0v) is 16.2. The Kier molecular flexibility index (Phi) is 5.17. The van der Waals surface area contributed by atoms with Crippen LogP contribution in [-0.2, 0) is 16.1 Å². The van der Waals surface area contributed by atoms with E-state index in [9.17, 15) is 9.59 Å². The van der Waals surface area contributed by atoms with E-state index >= 15 is 0 Å². The van der Waals surface area contributed by atoms with Crippen LogP contribution in [0, 0.1) is 0 Å². The van der Waals surface area contributed by atoms with Crippen LogP contribution >= 0.6 is 0 Å². The molecule has 0 aliphatic carbocycles. The topological polar surface area (TPSA) is 67.7 Å². The number of aryl methyl sites for hydroxylation is 1. The van der Waals surface area contributed by atoms with Gasteiger partial charge in [0.05, 0.1) is 13.2 Å². The molecule has 28 heavy (non-hydrogen) atoms. The maximum absolute atomic E-state index is 13.5. The van der Waals surface area contributed by atoms with Gasteiger partial charge in [-0.1, -0.05) is 18.2 Å². The number of nitrogens with zero attached hydrogens (tertiary/aromatic N) is 4. The van der Waals surface area contributed by atoms with Crippen molar-refractivity contribution in [3.05, 3.63) is 48.3 Å². The van der Waals surface area contributed by atoms with Gasteiger partial charge < -0.3 is 14.5 Å². The summed E-state index contributed by atoms with van der Waals surface area (Å²) in [5.74, 6) is -0.136. The van der Waals surface area contributed by atoms with Crippen molar-refractivity contribution in [2.75, 3.05) is 31.1 Å². The van der Waals surface area contributed by atoms with Crippen LogP contribution < -0.4 is 4.90 Å². The Morgan fingerprint density at radius 3 is 2.79 bits per heavy atom. The number of aromatic nitrogens is 2. The van der Waals surface area contributed by atoms with Gasteiger partial charge in [-0.2, -0.15) is 5.10 Å². The van der Waals surface area contributed by atoms with Crippen molar-refractivity contribution in [3.63, 3.8) is 0 Å². The minimum atomic E-state index is -0.975. The molecule has 2 fully saturated rings. The van der Waals surface area contributed by atoms with Gasteiger partial charge in [0, 0.05) is 31.5 Å². The molecule has 4 rings (SSSR count). The Hall–Kier alpha value is -2.67. The molecule has 1 atom stereocenters. The third kappa shape index (κ3) is 3.30. The Morgan fingerprint density at radius 1 is 1.18 bits per heavy atom. The average Bonchev–Trinajstić information content (AvgIpc) is 3.17. The van der Waals surface area contributed by atoms with Crippen molar-refractivity contribution in [2.24, 2.45) is 0 Å². The third-order valence-electron chi connectivity index (χ3n) is 5.62. The lowest BCUT2D eigenvalue weighted by Gasteiger charge is -2.42. The first kappa shape index (κ1) is 18.7. The van der Waals surface area contributed by atoms with Gasteiger partial charge in [0.1, 0.15) is 5.69 Å². The number of hydrogen-bond donors (Lipinski definition) is 0. The van der Waals surface area contributed by atoms with Crippen molar-refractivity contribution in [1.29, 1.82) is 0 Å². The van der Waals surface area contributed by atoms with Crippen LogP contribution in [0.4, 0.5) is 5.69 Å². The van der Waals surface area contributed by atoms with E-state index in [0.29, 0.717) is 38.4 Å². The molecule has 0 N–H and O–H groups in total. The monoisotopic (exact) mass is 382 g/mol. The molecule has 0 bridgehead atoms. The Bertz CT molecular complexity index is 850. The summed E-state index contributed by atoms with van der Waals surface area (Å²) >= 11 is 0. The second-order valence-corrected chi connectivity index (χ2v) is 7.35. The SMILES string of the molecule is CCn1nccc1C(=O)N1CCOC2(CCCCN(c3ccccc3)C2=O)C1. The summed E-state index contributed by atoms with van der Waals surface area (Å²) in [6.45, 7) is 4.38. The molecular formula is C21H26N4O3. The van der Waals surface area contributed by atoms with Crippen molar-refractivity contribution in [3.8, 4) is 0 Å². The number of para-hydroxylation sites is 1. The van der Waals surface area contributed by atoms with Crippen LogP contribution in [0.2, 0.25) is 0 Å². The van der Waals surface area contributed by atoms with Crippen molar-refractivity contribution in [2.45, 2.75) is 38.3 Å². The van der Waals surface area contributed by atoms with E-state index in [0.717, 1.165) is 18.5 Å². The number of hydrogen-bond acceptors (Lipinski definition) is 4. The summed E-state index contributed by atoms with van der Waals surface area (Å²) in [6.07, 6.45) is 4.08. The lowest BCUT2D eigenvalue weighted by Crippen LogP contribution is -2.61. The first-order valence-electron chi connectivity index (χ1n) is 9.97. The fraction of sp³-hybridized carbons (Fsp3) is 0.476. The molecule has 3 heterocycles. The fourth-order valence-corrected chi connectivity index (χ4v) is 4.16. The van der Waals surface area contributed by atoms with E-state index in [1.165, 1.54) is 0 Å². The zero-order valence-electron chi connectivity index (χ0n) is 16.2. The molecule has 148 valence electrons. The van der Waals surface area contributed by atoms with E-state index in [2.05, 4.69) is 5.10 Å². The quantitative estimate of drug-likeness (QED) is 0.817. The van der Waals surface area contributed by atoms with E-state index in [4.69, 9.17) is 4.74 Å². The summed E-state index contributed by atoms with van der Waals surface area (Å²) in [5, 5.41) is 4.20. The average molecular weight is 382 g/mol. The summed E-state index contributed by atoms with van der Waals surface area (Å²) < 4.78 is 7.79. The lowest BCUT2D eigenvalue weighted by molar-refractivity contribution is -0.155. The molecule has 0 radical (unpaired) electrons. The number of ether oxygens (including phenoxy) is 1. The molecular weight excluding hydrogens is 356 g/mol. The number of carbonyl (C=O) groups excluding carboxylic acids is 2. The minimum Gasteiger partial charge on any atom is -0.361 e. The first-order chi connectivity index (χ1) is 13.6. The van der Waals surface area contributed by atoms with Crippen LogP contribution in [-0.4, -0.2) is 58.3 Å². The van der Waals surface area contributed by atoms with Crippen LogP contribution in [0.3, 0.4) is 0 Å². The summed E-state index contributed by atoms with van der Waals surface area (Å²) in [7, 11) is 0. The first-order valence-corrected chi connectivity index (χ1v) is 9.97. The maximum Gasteiger partial charge on any atom is 0.272 e. The second-order valence-electron chi connectivity index (χ2n) is 7.35. The van der Waals surface area contributed by atoms with Gasteiger partial charge in [0.2, 0.25) is 0 Å². The number of rotatable bonds is 3. The van der Waals surface area contributed by atoms with Gasteiger partial charge in [-0.3, -0.25) is 14.3 Å². The molecule has 2 aliphatic rings. The lowest BCUT2D eigenvalue weighted by atomic mass is 9.93. The van der Waals surface area contributed by atoms with Crippen molar-refractivity contribution in [1.82, 2.24) is 14.7 Å². The predicted octanol–water partition coefficient (Wildman–Crippen LogP) is 2.33. The highest BCUT2D eigenvalue weighted by atomic mass is 16.5. The molecule has 1 aromatic heterocycles. The normalized spacial score (nSPS) is 23.1. The van der Waals surface area contributed by atoms with Gasteiger partial charge >= 0.3 is 0 Å². The third-order valence-corrected chi connectivity index (χ3v) is 5.62. The van der Waals surface area contributed by atoms with Gasteiger partial charge in [-0.15, -0.1) is 0 Å². The van der Waals surface area contributed by atoms with Crippen molar-refractivity contribution < 1.29 is 14.3 Å². The molecule has 1 unspecified atom stereocenters. The summed E-state index contributed by atoms with van der Waals surface area (Å²) in [5.41, 5.74) is 0.461. The molecule has 2 amide bonds. The predicted molar refractivity (Wildman–Crippen MR) is 105 cm³/mol. The van der Waals surface area contributed by atoms with Crippen LogP contribution in [0.15, 0.2) is 42.6 Å². The van der Waals surface area contributed by atoms with Gasteiger partial charge in [0.15, 0.2) is 5.60 Å². The van der Waals surface area contributed by atoms with E-state index in [-0.39, 0.29) is 18.4 Å². The number of amides is 2. The summed E-state index contributed by atoms with van der Waals surface area (Å²) in [4.78, 5) is 30.2. The fourth-order valence-electron chi connectivity index (χ4n) is 4.16. The number of carbonyl (C=O) groups is 2. The van der Waals surface area contributed by atoms with Crippen molar-refractivity contribution >= 4 is 17.5 Å². The maximum atomic E-state index is 13.5. The van der Waals surface area contributed by atoms with Gasteiger partial charge in [-0.05, 0) is 44.4 Å². The summed E-state index contributed by atoms with van der Waals surface area (Å²) in [6, 6.07) is 11.4.